The molecule has 0 aliphatic heterocycles. The van der Waals surface area contributed by atoms with Crippen LogP contribution in [0.15, 0.2) is 6.20 Å². The van der Waals surface area contributed by atoms with Gasteiger partial charge in [0.25, 0.3) is 6.43 Å². The fourth-order valence-electron chi connectivity index (χ4n) is 0.795. The second kappa shape index (κ2) is 4.28. The van der Waals surface area contributed by atoms with Gasteiger partial charge in [-0.25, -0.2) is 13.2 Å². The third-order valence-electron chi connectivity index (χ3n) is 1.44. The number of aromatic nitrogens is 1. The van der Waals surface area contributed by atoms with Crippen LogP contribution < -0.4 is 0 Å². The Morgan fingerprint density at radius 2 is 2.15 bits per heavy atom. The van der Waals surface area contributed by atoms with E-state index in [1.807, 2.05) is 0 Å². The number of rotatable bonds is 2. The number of alkyl halides is 3. The molecule has 0 atom stereocenters. The molecule has 72 valence electrons. The van der Waals surface area contributed by atoms with Crippen LogP contribution in [0.25, 0.3) is 0 Å². The SMILES string of the molecule is Fc1cnc(C(F)F)c(Cl)c1CBr. The number of hydrogen-bond acceptors (Lipinski definition) is 1. The zero-order valence-corrected chi connectivity index (χ0v) is 8.54. The molecule has 0 aliphatic rings. The Bertz CT molecular complexity index is 319. The first kappa shape index (κ1) is 10.8. The molecule has 1 heterocycles. The lowest BCUT2D eigenvalue weighted by atomic mass is 10.2. The van der Waals surface area contributed by atoms with E-state index in [9.17, 15) is 13.2 Å². The van der Waals surface area contributed by atoms with Gasteiger partial charge in [0.2, 0.25) is 0 Å². The molecule has 0 aliphatic carbocycles. The molecule has 1 nitrogen and oxygen atoms in total. The van der Waals surface area contributed by atoms with Crippen molar-refractivity contribution in [2.45, 2.75) is 11.8 Å². The van der Waals surface area contributed by atoms with Crippen LogP contribution in [0.5, 0.6) is 0 Å². The zero-order chi connectivity index (χ0) is 10.0. The number of halogens is 5. The molecule has 0 aromatic carbocycles. The molecule has 13 heavy (non-hydrogen) atoms. The van der Waals surface area contributed by atoms with Crippen molar-refractivity contribution in [3.05, 3.63) is 28.3 Å². The van der Waals surface area contributed by atoms with E-state index < -0.39 is 17.9 Å². The van der Waals surface area contributed by atoms with Crippen molar-refractivity contribution < 1.29 is 13.2 Å². The molecule has 6 heteroatoms. The van der Waals surface area contributed by atoms with Gasteiger partial charge in [0.15, 0.2) is 0 Å². The molecule has 0 saturated heterocycles. The predicted octanol–water partition coefficient (Wildman–Crippen LogP) is 3.71. The predicted molar refractivity (Wildman–Crippen MR) is 46.8 cm³/mol. The summed E-state index contributed by atoms with van der Waals surface area (Å²) in [5.74, 6) is -0.689. The first-order valence-corrected chi connectivity index (χ1v) is 4.74. The average Bonchev–Trinajstić information content (AvgIpc) is 2.04. The van der Waals surface area contributed by atoms with E-state index in [1.165, 1.54) is 0 Å². The molecule has 1 aromatic heterocycles. The minimum Gasteiger partial charge on any atom is -0.251 e. The highest BCUT2D eigenvalue weighted by Gasteiger charge is 2.18. The minimum atomic E-state index is -2.79. The first-order valence-electron chi connectivity index (χ1n) is 3.24. The van der Waals surface area contributed by atoms with Crippen LogP contribution in [0.1, 0.15) is 17.7 Å². The van der Waals surface area contributed by atoms with Crippen LogP contribution in [0.2, 0.25) is 5.02 Å². The molecule has 0 bridgehead atoms. The van der Waals surface area contributed by atoms with E-state index in [-0.39, 0.29) is 15.9 Å². The Morgan fingerprint density at radius 3 is 2.62 bits per heavy atom. The van der Waals surface area contributed by atoms with Gasteiger partial charge >= 0.3 is 0 Å². The summed E-state index contributed by atoms with van der Waals surface area (Å²) in [5, 5.41) is -0.230. The second-order valence-corrected chi connectivity index (χ2v) is 3.16. The van der Waals surface area contributed by atoms with Gasteiger partial charge < -0.3 is 0 Å². The fraction of sp³-hybridized carbons (Fsp3) is 0.286. The third kappa shape index (κ3) is 2.14. The van der Waals surface area contributed by atoms with Crippen LogP contribution >= 0.6 is 27.5 Å². The van der Waals surface area contributed by atoms with Crippen LogP contribution in [0, 0.1) is 5.82 Å². The maximum absolute atomic E-state index is 12.9. The molecular weight excluding hydrogens is 270 g/mol. The summed E-state index contributed by atoms with van der Waals surface area (Å²) in [6.45, 7) is 0. The van der Waals surface area contributed by atoms with Crippen molar-refractivity contribution in [2.75, 3.05) is 0 Å². The molecule has 0 N–H and O–H groups in total. The van der Waals surface area contributed by atoms with E-state index in [2.05, 4.69) is 20.9 Å². The van der Waals surface area contributed by atoms with Gasteiger partial charge in [-0.15, -0.1) is 0 Å². The largest absolute Gasteiger partial charge is 0.281 e. The number of pyridine rings is 1. The van der Waals surface area contributed by atoms with E-state index in [1.54, 1.807) is 0 Å². The summed E-state index contributed by atoms with van der Waals surface area (Å²) < 4.78 is 37.3. The Hall–Kier alpha value is -0.290. The third-order valence-corrected chi connectivity index (χ3v) is 2.42. The summed E-state index contributed by atoms with van der Waals surface area (Å²) in [6, 6.07) is 0. The van der Waals surface area contributed by atoms with E-state index in [4.69, 9.17) is 11.6 Å². The Balaban J connectivity index is 3.27. The van der Waals surface area contributed by atoms with E-state index in [0.29, 0.717) is 0 Å². The summed E-state index contributed by atoms with van der Waals surface area (Å²) in [6.07, 6.45) is -2.05. The molecule has 0 fully saturated rings. The summed E-state index contributed by atoms with van der Waals surface area (Å²) in [5.41, 5.74) is -0.579. The highest BCUT2D eigenvalue weighted by molar-refractivity contribution is 9.08. The first-order chi connectivity index (χ1) is 6.07. The Labute approximate surface area is 86.0 Å². The topological polar surface area (TPSA) is 12.9 Å². The van der Waals surface area contributed by atoms with Crippen molar-refractivity contribution in [2.24, 2.45) is 0 Å². The van der Waals surface area contributed by atoms with Crippen molar-refractivity contribution in [3.63, 3.8) is 0 Å². The molecule has 1 rings (SSSR count). The highest BCUT2D eigenvalue weighted by atomic mass is 79.9. The van der Waals surface area contributed by atoms with Crippen LogP contribution in [-0.2, 0) is 5.33 Å². The summed E-state index contributed by atoms with van der Waals surface area (Å²) in [7, 11) is 0. The smallest absolute Gasteiger partial charge is 0.251 e. The van der Waals surface area contributed by atoms with Gasteiger partial charge in [0, 0.05) is 10.9 Å². The lowest BCUT2D eigenvalue weighted by Gasteiger charge is -2.06. The van der Waals surface area contributed by atoms with E-state index in [0.717, 1.165) is 6.20 Å². The second-order valence-electron chi connectivity index (χ2n) is 2.22. The van der Waals surface area contributed by atoms with Crippen molar-refractivity contribution in [1.82, 2.24) is 4.98 Å². The maximum Gasteiger partial charge on any atom is 0.281 e. The van der Waals surface area contributed by atoms with Crippen LogP contribution in [0.4, 0.5) is 13.2 Å². The lowest BCUT2D eigenvalue weighted by molar-refractivity contribution is 0.146. The van der Waals surface area contributed by atoms with Crippen molar-refractivity contribution in [3.8, 4) is 0 Å². The van der Waals surface area contributed by atoms with Crippen molar-refractivity contribution >= 4 is 27.5 Å². The fourth-order valence-corrected chi connectivity index (χ4v) is 1.79. The Morgan fingerprint density at radius 1 is 1.54 bits per heavy atom. The molecule has 0 radical (unpaired) electrons. The quantitative estimate of drug-likeness (QED) is 0.749. The number of hydrogen-bond donors (Lipinski definition) is 0. The van der Waals surface area contributed by atoms with Gasteiger partial charge in [-0.1, -0.05) is 27.5 Å². The zero-order valence-electron chi connectivity index (χ0n) is 6.20. The van der Waals surface area contributed by atoms with Crippen LogP contribution in [-0.4, -0.2) is 4.98 Å². The number of nitrogens with zero attached hydrogens (tertiary/aromatic N) is 1. The monoisotopic (exact) mass is 273 g/mol. The molecule has 0 amide bonds. The van der Waals surface area contributed by atoms with Gasteiger partial charge in [-0.2, -0.15) is 0 Å². The lowest BCUT2D eigenvalue weighted by Crippen LogP contribution is -1.98. The molecular formula is C7H4BrClF3N. The van der Waals surface area contributed by atoms with Crippen molar-refractivity contribution in [1.29, 1.82) is 0 Å². The average molecular weight is 274 g/mol. The summed E-state index contributed by atoms with van der Waals surface area (Å²) >= 11 is 8.44. The van der Waals surface area contributed by atoms with Gasteiger partial charge in [0.1, 0.15) is 11.5 Å². The Kier molecular flexibility index (Phi) is 3.55. The van der Waals surface area contributed by atoms with E-state index >= 15 is 0 Å². The maximum atomic E-state index is 12.9. The molecule has 0 unspecified atom stereocenters. The molecule has 1 aromatic rings. The van der Waals surface area contributed by atoms with Gasteiger partial charge in [-0.05, 0) is 0 Å². The highest BCUT2D eigenvalue weighted by Crippen LogP contribution is 2.30. The summed E-state index contributed by atoms with van der Waals surface area (Å²) in [4.78, 5) is 3.21. The molecule has 0 spiro atoms. The van der Waals surface area contributed by atoms with Gasteiger partial charge in [-0.3, -0.25) is 4.98 Å². The van der Waals surface area contributed by atoms with Crippen LogP contribution in [0.3, 0.4) is 0 Å². The standard InChI is InChI=1S/C7H4BrClF3N/c8-1-3-4(10)2-13-6(5(3)9)7(11)12/h2,7H,1H2. The van der Waals surface area contributed by atoms with Gasteiger partial charge in [0.05, 0.1) is 11.2 Å². The molecule has 0 saturated carbocycles. The minimum absolute atomic E-state index is 0.00645. The normalized spacial score (nSPS) is 10.9.